The molecule has 1 aliphatic rings. The molecule has 0 saturated carbocycles. The van der Waals surface area contributed by atoms with Crippen LogP contribution in [0.25, 0.3) is 0 Å². The first-order chi connectivity index (χ1) is 8.31. The summed E-state index contributed by atoms with van der Waals surface area (Å²) in [6.45, 7) is 4.23. The van der Waals surface area contributed by atoms with E-state index in [4.69, 9.17) is 10.00 Å². The van der Waals surface area contributed by atoms with Crippen LogP contribution < -0.4 is 9.64 Å². The van der Waals surface area contributed by atoms with Crippen molar-refractivity contribution in [3.05, 3.63) is 24.3 Å². The smallest absolute Gasteiger partial charge is 0.174 e. The Balaban J connectivity index is 2.11. The lowest BCUT2D eigenvalue weighted by molar-refractivity contribution is 0.309. The van der Waals surface area contributed by atoms with Gasteiger partial charge >= 0.3 is 0 Å². The topological polar surface area (TPSA) is 39.5 Å². The Hall–Kier alpha value is -1.73. The van der Waals surface area contributed by atoms with Crippen LogP contribution in [0.3, 0.4) is 0 Å². The van der Waals surface area contributed by atoms with Crippen LogP contribution >= 0.6 is 0 Å². The van der Waals surface area contributed by atoms with Crippen LogP contribution in [0, 0.1) is 11.3 Å². The largest absolute Gasteiger partial charge is 0.477 e. The van der Waals surface area contributed by atoms with Gasteiger partial charge in [-0.05, 0) is 19.2 Å². The number of nitrogens with zero attached hydrogens (tertiary/aromatic N) is 3. The average Bonchev–Trinajstić information content (AvgIpc) is 2.38. The van der Waals surface area contributed by atoms with Gasteiger partial charge in [-0.1, -0.05) is 12.1 Å². The highest BCUT2D eigenvalue weighted by molar-refractivity contribution is 5.58. The van der Waals surface area contributed by atoms with Gasteiger partial charge in [-0.3, -0.25) is 0 Å². The monoisotopic (exact) mass is 231 g/mol. The summed E-state index contributed by atoms with van der Waals surface area (Å²) in [6, 6.07) is 9.92. The zero-order chi connectivity index (χ0) is 12.1. The van der Waals surface area contributed by atoms with Crippen LogP contribution in [0.5, 0.6) is 5.75 Å². The zero-order valence-electron chi connectivity index (χ0n) is 10.1. The third kappa shape index (κ3) is 2.89. The normalized spacial score (nSPS) is 16.6. The number of rotatable bonds is 3. The predicted molar refractivity (Wildman–Crippen MR) is 67.3 cm³/mol. The number of hydrogen-bond donors (Lipinski definition) is 0. The van der Waals surface area contributed by atoms with Crippen LogP contribution in [0.15, 0.2) is 24.3 Å². The van der Waals surface area contributed by atoms with Gasteiger partial charge in [0.1, 0.15) is 11.8 Å². The van der Waals surface area contributed by atoms with E-state index < -0.39 is 0 Å². The minimum atomic E-state index is 0.102. The van der Waals surface area contributed by atoms with Gasteiger partial charge in [0.25, 0.3) is 0 Å². The molecule has 0 spiro atoms. The molecule has 0 aromatic heterocycles. The lowest BCUT2D eigenvalue weighted by Crippen LogP contribution is -2.44. The molecule has 0 bridgehead atoms. The van der Waals surface area contributed by atoms with Crippen molar-refractivity contribution in [3.63, 3.8) is 0 Å². The Morgan fingerprint density at radius 3 is 2.65 bits per heavy atom. The van der Waals surface area contributed by atoms with E-state index in [1.165, 1.54) is 0 Å². The molecule has 0 unspecified atom stereocenters. The van der Waals surface area contributed by atoms with Gasteiger partial charge in [0.15, 0.2) is 6.61 Å². The van der Waals surface area contributed by atoms with E-state index in [9.17, 15) is 0 Å². The minimum Gasteiger partial charge on any atom is -0.477 e. The van der Waals surface area contributed by atoms with Gasteiger partial charge in [-0.2, -0.15) is 5.26 Å². The fraction of sp³-hybridized carbons (Fsp3) is 0.462. The Morgan fingerprint density at radius 1 is 1.24 bits per heavy atom. The van der Waals surface area contributed by atoms with Crippen molar-refractivity contribution in [3.8, 4) is 11.8 Å². The SMILES string of the molecule is CN1CCN(c2ccccc2OCC#N)CC1. The molecule has 4 nitrogen and oxygen atoms in total. The van der Waals surface area contributed by atoms with E-state index in [1.807, 2.05) is 24.3 Å². The van der Waals surface area contributed by atoms with E-state index in [0.29, 0.717) is 0 Å². The molecule has 1 fully saturated rings. The predicted octanol–water partition coefficient (Wildman–Crippen LogP) is 1.34. The summed E-state index contributed by atoms with van der Waals surface area (Å²) in [6.07, 6.45) is 0. The van der Waals surface area contributed by atoms with Crippen LogP contribution in [-0.4, -0.2) is 44.7 Å². The number of ether oxygens (including phenoxy) is 1. The maximum absolute atomic E-state index is 8.57. The molecule has 2 rings (SSSR count). The molecule has 17 heavy (non-hydrogen) atoms. The molecule has 0 amide bonds. The summed E-state index contributed by atoms with van der Waals surface area (Å²) in [5, 5.41) is 8.57. The van der Waals surface area contributed by atoms with Gasteiger partial charge < -0.3 is 14.5 Å². The molecule has 1 saturated heterocycles. The number of likely N-dealkylation sites (N-methyl/N-ethyl adjacent to an activating group) is 1. The van der Waals surface area contributed by atoms with Crippen molar-refractivity contribution < 1.29 is 4.74 Å². The highest BCUT2D eigenvalue weighted by atomic mass is 16.5. The second-order valence-electron chi connectivity index (χ2n) is 4.20. The van der Waals surface area contributed by atoms with Gasteiger partial charge in [0, 0.05) is 26.2 Å². The highest BCUT2D eigenvalue weighted by Gasteiger charge is 2.17. The lowest BCUT2D eigenvalue weighted by Gasteiger charge is -2.34. The van der Waals surface area contributed by atoms with Crippen molar-refractivity contribution in [1.82, 2.24) is 4.90 Å². The molecule has 4 heteroatoms. The molecule has 0 N–H and O–H groups in total. The fourth-order valence-electron chi connectivity index (χ4n) is 2.00. The first-order valence-corrected chi connectivity index (χ1v) is 5.83. The molecule has 90 valence electrons. The van der Waals surface area contributed by atoms with Crippen molar-refractivity contribution in [2.24, 2.45) is 0 Å². The molecule has 0 radical (unpaired) electrons. The van der Waals surface area contributed by atoms with Crippen molar-refractivity contribution in [2.45, 2.75) is 0 Å². The second-order valence-corrected chi connectivity index (χ2v) is 4.20. The Bertz CT molecular complexity index is 405. The van der Waals surface area contributed by atoms with Crippen LogP contribution in [-0.2, 0) is 0 Å². The Labute approximate surface area is 102 Å². The quantitative estimate of drug-likeness (QED) is 0.787. The molecular formula is C13H17N3O. The minimum absolute atomic E-state index is 0.102. The first-order valence-electron chi connectivity index (χ1n) is 5.83. The molecule has 1 aromatic carbocycles. The van der Waals surface area contributed by atoms with Crippen molar-refractivity contribution >= 4 is 5.69 Å². The number of anilines is 1. The van der Waals surface area contributed by atoms with Gasteiger partial charge in [0.05, 0.1) is 5.69 Å². The number of hydrogen-bond acceptors (Lipinski definition) is 4. The maximum atomic E-state index is 8.57. The van der Waals surface area contributed by atoms with Crippen LogP contribution in [0.2, 0.25) is 0 Å². The van der Waals surface area contributed by atoms with E-state index in [2.05, 4.69) is 22.9 Å². The fourth-order valence-corrected chi connectivity index (χ4v) is 2.00. The molecule has 1 heterocycles. The van der Waals surface area contributed by atoms with E-state index in [1.54, 1.807) is 0 Å². The summed E-state index contributed by atoms with van der Waals surface area (Å²) in [5.74, 6) is 0.804. The summed E-state index contributed by atoms with van der Waals surface area (Å²) in [7, 11) is 2.13. The molecule has 0 aliphatic carbocycles. The highest BCUT2D eigenvalue weighted by Crippen LogP contribution is 2.28. The van der Waals surface area contributed by atoms with E-state index in [-0.39, 0.29) is 6.61 Å². The standard InChI is InChI=1S/C13H17N3O/c1-15-7-9-16(10-8-15)12-4-2-3-5-13(12)17-11-6-14/h2-5H,7-11H2,1H3. The number of nitriles is 1. The summed E-state index contributed by atoms with van der Waals surface area (Å²) < 4.78 is 5.45. The third-order valence-electron chi connectivity index (χ3n) is 3.00. The van der Waals surface area contributed by atoms with Gasteiger partial charge in [0.2, 0.25) is 0 Å². The van der Waals surface area contributed by atoms with Crippen molar-refractivity contribution in [1.29, 1.82) is 5.26 Å². The summed E-state index contributed by atoms with van der Waals surface area (Å²) in [4.78, 5) is 4.63. The van der Waals surface area contributed by atoms with Gasteiger partial charge in [-0.25, -0.2) is 0 Å². The number of para-hydroxylation sites is 2. The van der Waals surface area contributed by atoms with E-state index in [0.717, 1.165) is 37.6 Å². The maximum Gasteiger partial charge on any atom is 0.174 e. The van der Waals surface area contributed by atoms with Crippen molar-refractivity contribution in [2.75, 3.05) is 44.7 Å². The summed E-state index contributed by atoms with van der Waals surface area (Å²) >= 11 is 0. The van der Waals surface area contributed by atoms with E-state index >= 15 is 0 Å². The average molecular weight is 231 g/mol. The first kappa shape index (κ1) is 11.7. The molecule has 1 aromatic rings. The number of piperazine rings is 1. The molecular weight excluding hydrogens is 214 g/mol. The molecule has 1 aliphatic heterocycles. The Kier molecular flexibility index (Phi) is 3.84. The van der Waals surface area contributed by atoms with Gasteiger partial charge in [-0.15, -0.1) is 0 Å². The van der Waals surface area contributed by atoms with Crippen LogP contribution in [0.1, 0.15) is 0 Å². The second kappa shape index (κ2) is 5.55. The zero-order valence-corrected chi connectivity index (χ0v) is 10.1. The summed E-state index contributed by atoms with van der Waals surface area (Å²) in [5.41, 5.74) is 1.09. The lowest BCUT2D eigenvalue weighted by atomic mass is 10.2. The molecule has 0 atom stereocenters. The Morgan fingerprint density at radius 2 is 1.94 bits per heavy atom. The third-order valence-corrected chi connectivity index (χ3v) is 3.00. The van der Waals surface area contributed by atoms with Crippen LogP contribution in [0.4, 0.5) is 5.69 Å². The number of benzene rings is 1.